The van der Waals surface area contributed by atoms with Crippen LogP contribution in [0.2, 0.25) is 0 Å². The monoisotopic (exact) mass is 326 g/mol. The zero-order valence-electron chi connectivity index (χ0n) is 13.5. The zero-order valence-corrected chi connectivity index (χ0v) is 13.5. The topological polar surface area (TPSA) is 114 Å². The molecule has 0 aliphatic carbocycles. The van der Waals surface area contributed by atoms with E-state index in [1.807, 2.05) is 0 Å². The lowest BCUT2D eigenvalue weighted by Crippen LogP contribution is -2.13. The highest BCUT2D eigenvalue weighted by molar-refractivity contribution is 5.65. The van der Waals surface area contributed by atoms with E-state index in [-0.39, 0.29) is 23.6 Å². The highest BCUT2D eigenvalue weighted by Gasteiger charge is 2.20. The third kappa shape index (κ3) is 6.01. The lowest BCUT2D eigenvalue weighted by Gasteiger charge is -2.13. The second-order valence-electron chi connectivity index (χ2n) is 5.38. The Morgan fingerprint density at radius 3 is 2.57 bits per heavy atom. The fourth-order valence-corrected chi connectivity index (χ4v) is 1.97. The van der Waals surface area contributed by atoms with Crippen LogP contribution >= 0.6 is 0 Å². The molecule has 0 fully saturated rings. The molecular weight excluding hydrogens is 304 g/mol. The van der Waals surface area contributed by atoms with Gasteiger partial charge in [0.1, 0.15) is 6.61 Å². The Morgan fingerprint density at radius 1 is 1.35 bits per heavy atom. The van der Waals surface area contributed by atoms with Crippen LogP contribution in [0.15, 0.2) is 12.1 Å². The van der Waals surface area contributed by atoms with Crippen LogP contribution in [-0.2, 0) is 11.3 Å². The summed E-state index contributed by atoms with van der Waals surface area (Å²) in [6, 6.07) is 2.69. The molecule has 0 saturated carbocycles. The molecule has 0 unspecified atom stereocenters. The zero-order chi connectivity index (χ0) is 17.4. The highest BCUT2D eigenvalue weighted by atomic mass is 16.6. The summed E-state index contributed by atoms with van der Waals surface area (Å²) in [6.07, 6.45) is 0.822. The third-order valence-electron chi connectivity index (χ3n) is 3.11. The fourth-order valence-electron chi connectivity index (χ4n) is 1.97. The van der Waals surface area contributed by atoms with Gasteiger partial charge in [-0.15, -0.1) is 0 Å². The predicted octanol–water partition coefficient (Wildman–Crippen LogP) is 3.01. The van der Waals surface area contributed by atoms with Gasteiger partial charge in [0.15, 0.2) is 11.5 Å². The maximum absolute atomic E-state index is 11.2. The van der Waals surface area contributed by atoms with Gasteiger partial charge in [-0.1, -0.05) is 13.8 Å². The first-order chi connectivity index (χ1) is 10.8. The van der Waals surface area contributed by atoms with Crippen LogP contribution in [0.4, 0.5) is 10.5 Å². The van der Waals surface area contributed by atoms with Crippen molar-refractivity contribution in [3.63, 3.8) is 0 Å². The molecule has 0 saturated heterocycles. The van der Waals surface area contributed by atoms with Gasteiger partial charge in [-0.3, -0.25) is 10.1 Å². The van der Waals surface area contributed by atoms with Crippen molar-refractivity contribution in [1.29, 1.82) is 0 Å². The Morgan fingerprint density at radius 2 is 2.04 bits per heavy atom. The van der Waals surface area contributed by atoms with Gasteiger partial charge < -0.3 is 19.9 Å². The maximum Gasteiger partial charge on any atom is 0.404 e. The number of carbonyl (C=O) groups excluding carboxylic acids is 1. The number of rotatable bonds is 9. The number of amides is 1. The average Bonchev–Trinajstić information content (AvgIpc) is 2.48. The molecular formula is C15H22N2O6. The first-order valence-electron chi connectivity index (χ1n) is 7.25. The largest absolute Gasteiger partial charge is 0.493 e. The summed E-state index contributed by atoms with van der Waals surface area (Å²) in [5.41, 5.74) is 4.85. The summed E-state index contributed by atoms with van der Waals surface area (Å²) in [6.45, 7) is 4.34. The molecule has 0 atom stereocenters. The summed E-state index contributed by atoms with van der Waals surface area (Å²) in [5, 5.41) is 11.2. The first kappa shape index (κ1) is 18.5. The molecule has 0 radical (unpaired) electrons. The normalized spacial score (nSPS) is 10.4. The van der Waals surface area contributed by atoms with Crippen molar-refractivity contribution in [1.82, 2.24) is 0 Å². The Kier molecular flexibility index (Phi) is 7.11. The molecule has 1 amide bonds. The average molecular weight is 326 g/mol. The van der Waals surface area contributed by atoms with Gasteiger partial charge >= 0.3 is 6.09 Å². The molecule has 0 bridgehead atoms. The van der Waals surface area contributed by atoms with Gasteiger partial charge in [0, 0.05) is 0 Å². The summed E-state index contributed by atoms with van der Waals surface area (Å²) < 4.78 is 15.4. The van der Waals surface area contributed by atoms with Crippen LogP contribution in [0.1, 0.15) is 32.3 Å². The Hall–Kier alpha value is -2.51. The van der Waals surface area contributed by atoms with Crippen LogP contribution in [0.3, 0.4) is 0 Å². The molecule has 1 aromatic carbocycles. The van der Waals surface area contributed by atoms with E-state index in [1.165, 1.54) is 19.2 Å². The van der Waals surface area contributed by atoms with Crippen molar-refractivity contribution in [2.75, 3.05) is 13.7 Å². The van der Waals surface area contributed by atoms with Crippen LogP contribution < -0.4 is 15.2 Å². The van der Waals surface area contributed by atoms with Crippen molar-refractivity contribution < 1.29 is 23.9 Å². The van der Waals surface area contributed by atoms with Gasteiger partial charge in [-0.05, 0) is 24.8 Å². The van der Waals surface area contributed by atoms with E-state index in [2.05, 4.69) is 18.6 Å². The predicted molar refractivity (Wildman–Crippen MR) is 83.6 cm³/mol. The lowest BCUT2D eigenvalue weighted by atomic mass is 10.1. The van der Waals surface area contributed by atoms with Crippen molar-refractivity contribution in [2.45, 2.75) is 33.3 Å². The number of ether oxygens (including phenoxy) is 3. The molecule has 128 valence electrons. The number of nitrogens with zero attached hydrogens (tertiary/aromatic N) is 1. The maximum atomic E-state index is 11.2. The van der Waals surface area contributed by atoms with E-state index in [0.717, 1.165) is 12.8 Å². The van der Waals surface area contributed by atoms with E-state index < -0.39 is 11.0 Å². The number of methoxy groups -OCH3 is 1. The number of carbonyl (C=O) groups is 1. The van der Waals surface area contributed by atoms with E-state index >= 15 is 0 Å². The second-order valence-corrected chi connectivity index (χ2v) is 5.38. The summed E-state index contributed by atoms with van der Waals surface area (Å²) in [7, 11) is 1.43. The van der Waals surface area contributed by atoms with Crippen LogP contribution in [0.5, 0.6) is 11.5 Å². The fraction of sp³-hybridized carbons (Fsp3) is 0.533. The molecule has 0 heterocycles. The quantitative estimate of drug-likeness (QED) is 0.424. The molecule has 8 heteroatoms. The van der Waals surface area contributed by atoms with Crippen molar-refractivity contribution in [3.05, 3.63) is 27.8 Å². The van der Waals surface area contributed by atoms with Crippen LogP contribution in [-0.4, -0.2) is 24.7 Å². The summed E-state index contributed by atoms with van der Waals surface area (Å²) >= 11 is 0. The number of nitro groups is 1. The number of nitrogens with two attached hydrogens (primary N) is 1. The molecule has 0 aliphatic rings. The lowest BCUT2D eigenvalue weighted by molar-refractivity contribution is -0.385. The number of hydrogen-bond acceptors (Lipinski definition) is 6. The Balaban J connectivity index is 2.95. The minimum atomic E-state index is -1.01. The molecule has 0 spiro atoms. The third-order valence-corrected chi connectivity index (χ3v) is 3.11. The highest BCUT2D eigenvalue weighted by Crippen LogP contribution is 2.35. The number of primary amides is 1. The number of nitro benzene ring substituents is 1. The van der Waals surface area contributed by atoms with Crippen molar-refractivity contribution >= 4 is 11.8 Å². The van der Waals surface area contributed by atoms with Gasteiger partial charge in [-0.2, -0.15) is 0 Å². The van der Waals surface area contributed by atoms with Gasteiger partial charge in [-0.25, -0.2) is 4.79 Å². The number of benzene rings is 1. The van der Waals surface area contributed by atoms with Gasteiger partial charge in [0.05, 0.1) is 30.3 Å². The molecule has 1 aromatic rings. The van der Waals surface area contributed by atoms with Gasteiger partial charge in [0.25, 0.3) is 5.69 Å². The van der Waals surface area contributed by atoms with E-state index in [9.17, 15) is 14.9 Å². The molecule has 2 N–H and O–H groups in total. The van der Waals surface area contributed by atoms with Crippen molar-refractivity contribution in [2.24, 2.45) is 11.7 Å². The molecule has 0 aliphatic heterocycles. The Bertz CT molecular complexity index is 559. The van der Waals surface area contributed by atoms with Crippen LogP contribution in [0.25, 0.3) is 0 Å². The second kappa shape index (κ2) is 8.82. The van der Waals surface area contributed by atoms with E-state index in [0.29, 0.717) is 18.3 Å². The summed E-state index contributed by atoms with van der Waals surface area (Å²) in [4.78, 5) is 21.3. The van der Waals surface area contributed by atoms with Crippen molar-refractivity contribution in [3.8, 4) is 11.5 Å². The SMILES string of the molecule is COc1cc(COC(N)=O)c([N+](=O)[O-])cc1OCCCC(C)C. The Labute approximate surface area is 134 Å². The van der Waals surface area contributed by atoms with E-state index in [4.69, 9.17) is 15.2 Å². The summed E-state index contributed by atoms with van der Waals surface area (Å²) in [5.74, 6) is 1.18. The minimum Gasteiger partial charge on any atom is -0.493 e. The molecule has 0 aromatic heterocycles. The number of hydrogen-bond donors (Lipinski definition) is 1. The smallest absolute Gasteiger partial charge is 0.404 e. The van der Waals surface area contributed by atoms with Gasteiger partial charge in [0.2, 0.25) is 0 Å². The van der Waals surface area contributed by atoms with Crippen LogP contribution in [0, 0.1) is 16.0 Å². The van der Waals surface area contributed by atoms with E-state index in [1.54, 1.807) is 0 Å². The standard InChI is InChI=1S/C15H22N2O6/c1-10(2)5-4-6-22-14-8-12(17(19)20)11(7-13(14)21-3)9-23-15(16)18/h7-8,10H,4-6,9H2,1-3H3,(H2,16,18). The molecule has 8 nitrogen and oxygen atoms in total. The minimum absolute atomic E-state index is 0.181. The molecule has 23 heavy (non-hydrogen) atoms. The molecule has 1 rings (SSSR count). The first-order valence-corrected chi connectivity index (χ1v) is 7.25.